The number of benzene rings is 1. The molecule has 0 aliphatic heterocycles. The first-order valence-electron chi connectivity index (χ1n) is 12.0. The molecule has 0 spiro atoms. The molecule has 3 N–H and O–H groups in total. The summed E-state index contributed by atoms with van der Waals surface area (Å²) in [5, 5.41) is 16.4. The monoisotopic (exact) mass is 507 g/mol. The molecule has 0 radical (unpaired) electrons. The second-order valence-electron chi connectivity index (χ2n) is 11.2. The predicted octanol–water partition coefficient (Wildman–Crippen LogP) is 4.23. The zero-order chi connectivity index (χ0) is 26.6. The summed E-state index contributed by atoms with van der Waals surface area (Å²) < 4.78 is 5.41. The molecule has 8 nitrogen and oxygen atoms in total. The molecule has 1 fully saturated rings. The van der Waals surface area contributed by atoms with Gasteiger partial charge in [0, 0.05) is 17.1 Å². The minimum Gasteiger partial charge on any atom is -0.508 e. The number of para-hydroxylation sites is 1. The number of carbonyl (C=O) groups excluding carboxylic acids is 3. The van der Waals surface area contributed by atoms with Crippen LogP contribution in [0.1, 0.15) is 72.9 Å². The highest BCUT2D eigenvalue weighted by molar-refractivity contribution is 7.98. The van der Waals surface area contributed by atoms with E-state index in [1.54, 1.807) is 55.6 Å². The van der Waals surface area contributed by atoms with Gasteiger partial charge in [-0.3, -0.25) is 9.59 Å². The van der Waals surface area contributed by atoms with Gasteiger partial charge in [0.15, 0.2) is 0 Å². The maximum Gasteiger partial charge on any atom is 0.408 e. The molecule has 4 atom stereocenters. The highest BCUT2D eigenvalue weighted by atomic mass is 32.2. The Bertz CT molecular complexity index is 909. The van der Waals surface area contributed by atoms with Gasteiger partial charge in [-0.05, 0) is 78.4 Å². The summed E-state index contributed by atoms with van der Waals surface area (Å²) in [5.41, 5.74) is -0.911. The Morgan fingerprint density at radius 1 is 1.17 bits per heavy atom. The number of rotatable bonds is 9. The van der Waals surface area contributed by atoms with Gasteiger partial charge in [0.1, 0.15) is 23.4 Å². The minimum atomic E-state index is -1.05. The molecule has 1 aromatic rings. The zero-order valence-corrected chi connectivity index (χ0v) is 23.0. The van der Waals surface area contributed by atoms with E-state index >= 15 is 0 Å². The maximum atomic E-state index is 14.1. The number of alkyl carbamates (subject to hydrolysis) is 1. The first-order chi connectivity index (χ1) is 16.1. The van der Waals surface area contributed by atoms with E-state index in [9.17, 15) is 19.5 Å². The molecular formula is C26H41N3O5S. The van der Waals surface area contributed by atoms with Crippen LogP contribution in [0.3, 0.4) is 0 Å². The molecule has 35 heavy (non-hydrogen) atoms. The lowest BCUT2D eigenvalue weighted by Crippen LogP contribution is -2.55. The van der Waals surface area contributed by atoms with E-state index in [0.717, 1.165) is 6.42 Å². The Morgan fingerprint density at radius 2 is 1.77 bits per heavy atom. The molecule has 0 heterocycles. The number of nitrogens with zero attached hydrogens (tertiary/aromatic N) is 1. The van der Waals surface area contributed by atoms with Gasteiger partial charge in [0.05, 0.1) is 0 Å². The molecule has 4 unspecified atom stereocenters. The average molecular weight is 508 g/mol. The number of phenols is 1. The molecule has 1 aliphatic rings. The summed E-state index contributed by atoms with van der Waals surface area (Å²) in [5.74, 6) is 0.0187. The summed E-state index contributed by atoms with van der Waals surface area (Å²) >= 11 is 1.56. The molecular weight excluding hydrogens is 466 g/mol. The van der Waals surface area contributed by atoms with Crippen LogP contribution in [0.25, 0.3) is 0 Å². The molecule has 1 saturated carbocycles. The highest BCUT2D eigenvalue weighted by Gasteiger charge is 2.49. The Hall–Kier alpha value is -2.42. The second kappa shape index (κ2) is 11.5. The molecule has 2 rings (SSSR count). The van der Waals surface area contributed by atoms with Crippen molar-refractivity contribution in [3.63, 3.8) is 0 Å². The van der Waals surface area contributed by atoms with Crippen molar-refractivity contribution in [3.05, 3.63) is 29.8 Å². The average Bonchev–Trinajstić information content (AvgIpc) is 3.42. The molecule has 196 valence electrons. The summed E-state index contributed by atoms with van der Waals surface area (Å²) in [6, 6.07) is 4.47. The van der Waals surface area contributed by atoms with Crippen molar-refractivity contribution in [3.8, 4) is 5.75 Å². The first kappa shape index (κ1) is 28.8. The number of ether oxygens (including phenoxy) is 1. The van der Waals surface area contributed by atoms with Crippen molar-refractivity contribution >= 4 is 29.7 Å². The quantitative estimate of drug-likeness (QED) is 0.462. The lowest BCUT2D eigenvalue weighted by Gasteiger charge is -2.36. The molecule has 3 amide bonds. The fourth-order valence-electron chi connectivity index (χ4n) is 3.87. The van der Waals surface area contributed by atoms with Gasteiger partial charge in [-0.2, -0.15) is 11.8 Å². The molecule has 0 bridgehead atoms. The van der Waals surface area contributed by atoms with Crippen molar-refractivity contribution < 1.29 is 24.2 Å². The van der Waals surface area contributed by atoms with E-state index in [4.69, 9.17) is 4.74 Å². The molecule has 0 saturated heterocycles. The third-order valence-corrected chi connectivity index (χ3v) is 6.18. The highest BCUT2D eigenvalue weighted by Crippen LogP contribution is 2.42. The summed E-state index contributed by atoms with van der Waals surface area (Å²) in [7, 11) is 0. The van der Waals surface area contributed by atoms with E-state index in [0.29, 0.717) is 17.7 Å². The van der Waals surface area contributed by atoms with E-state index in [1.165, 1.54) is 6.07 Å². The van der Waals surface area contributed by atoms with Crippen LogP contribution < -0.4 is 10.6 Å². The Morgan fingerprint density at radius 3 is 2.26 bits per heavy atom. The van der Waals surface area contributed by atoms with E-state index in [1.807, 2.05) is 34.0 Å². The number of hydrogen-bond donors (Lipinski definition) is 3. The fourth-order valence-corrected chi connectivity index (χ4v) is 4.34. The van der Waals surface area contributed by atoms with Gasteiger partial charge in [-0.25, -0.2) is 4.79 Å². The van der Waals surface area contributed by atoms with E-state index in [-0.39, 0.29) is 29.5 Å². The third kappa shape index (κ3) is 8.63. The lowest BCUT2D eigenvalue weighted by molar-refractivity contribution is -0.144. The van der Waals surface area contributed by atoms with Crippen molar-refractivity contribution in [2.45, 2.75) is 90.6 Å². The normalized spacial score (nSPS) is 19.3. The van der Waals surface area contributed by atoms with Crippen molar-refractivity contribution in [2.24, 2.45) is 5.92 Å². The van der Waals surface area contributed by atoms with Gasteiger partial charge in [-0.1, -0.05) is 25.1 Å². The van der Waals surface area contributed by atoms with Crippen LogP contribution in [0.5, 0.6) is 5.75 Å². The van der Waals surface area contributed by atoms with Gasteiger partial charge >= 0.3 is 6.09 Å². The number of nitrogens with one attached hydrogen (secondary N) is 2. The van der Waals surface area contributed by atoms with Gasteiger partial charge < -0.3 is 25.4 Å². The van der Waals surface area contributed by atoms with Crippen LogP contribution >= 0.6 is 11.8 Å². The summed E-state index contributed by atoms with van der Waals surface area (Å²) in [6.45, 7) is 12.9. The number of thioether (sulfide) groups is 1. The van der Waals surface area contributed by atoms with Crippen LogP contribution in [0.15, 0.2) is 24.3 Å². The van der Waals surface area contributed by atoms with Crippen LogP contribution in [0.2, 0.25) is 0 Å². The van der Waals surface area contributed by atoms with Crippen LogP contribution in [0.4, 0.5) is 4.79 Å². The van der Waals surface area contributed by atoms with Gasteiger partial charge in [0.25, 0.3) is 0 Å². The summed E-state index contributed by atoms with van der Waals surface area (Å²) in [4.78, 5) is 41.8. The number of amides is 3. The predicted molar refractivity (Wildman–Crippen MR) is 139 cm³/mol. The maximum absolute atomic E-state index is 14.1. The largest absolute Gasteiger partial charge is 0.508 e. The van der Waals surface area contributed by atoms with Crippen LogP contribution in [-0.4, -0.2) is 63.1 Å². The Kier molecular flexibility index (Phi) is 9.50. The second-order valence-corrected chi connectivity index (χ2v) is 12.2. The number of hydrogen-bond acceptors (Lipinski definition) is 6. The third-order valence-electron chi connectivity index (χ3n) is 5.53. The molecule has 1 aliphatic carbocycles. The molecule has 9 heteroatoms. The SMILES string of the molecule is CSCCC(NC(=O)OC(C)(C)C)C(=O)N(C(C(=O)NC(C)(C)C)c1ccccc1O)C1CC1C. The van der Waals surface area contributed by atoms with Crippen LogP contribution in [0, 0.1) is 5.92 Å². The lowest BCUT2D eigenvalue weighted by atomic mass is 9.99. The Balaban J connectivity index is 2.50. The summed E-state index contributed by atoms with van der Waals surface area (Å²) in [6.07, 6.45) is 2.36. The smallest absolute Gasteiger partial charge is 0.408 e. The number of aromatic hydroxyl groups is 1. The van der Waals surface area contributed by atoms with Crippen molar-refractivity contribution in [2.75, 3.05) is 12.0 Å². The van der Waals surface area contributed by atoms with E-state index in [2.05, 4.69) is 10.6 Å². The number of phenolic OH excluding ortho intramolecular Hbond substituents is 1. The van der Waals surface area contributed by atoms with Crippen molar-refractivity contribution in [1.29, 1.82) is 0 Å². The standard InChI is InChI=1S/C26H41N3O5S/c1-16-15-19(16)29(23(32)18(13-14-35-8)27-24(33)34-26(5,6)7)21(22(31)28-25(2,3)4)17-11-9-10-12-20(17)30/h9-12,16,18-19,21,30H,13-15H2,1-8H3,(H,27,33)(H,28,31). The van der Waals surface area contributed by atoms with Crippen molar-refractivity contribution in [1.82, 2.24) is 15.5 Å². The van der Waals surface area contributed by atoms with Gasteiger partial charge in [0.2, 0.25) is 11.8 Å². The fraction of sp³-hybridized carbons (Fsp3) is 0.654. The minimum absolute atomic E-state index is 0.0616. The molecule has 1 aromatic carbocycles. The Labute approximate surface area is 213 Å². The zero-order valence-electron chi connectivity index (χ0n) is 22.2. The molecule has 0 aromatic heterocycles. The van der Waals surface area contributed by atoms with Crippen LogP contribution in [-0.2, 0) is 14.3 Å². The van der Waals surface area contributed by atoms with E-state index < -0.39 is 29.3 Å². The number of carbonyl (C=O) groups is 3. The first-order valence-corrected chi connectivity index (χ1v) is 13.4. The topological polar surface area (TPSA) is 108 Å². The van der Waals surface area contributed by atoms with Gasteiger partial charge in [-0.15, -0.1) is 0 Å².